The molecule has 1 aliphatic carbocycles. The zero-order chi connectivity index (χ0) is 13.9. The van der Waals surface area contributed by atoms with Crippen LogP contribution in [0.1, 0.15) is 46.0 Å². The number of likely N-dealkylation sites (tertiary alicyclic amines) is 1. The van der Waals surface area contributed by atoms with Gasteiger partial charge in [0.2, 0.25) is 0 Å². The van der Waals surface area contributed by atoms with Gasteiger partial charge < -0.3 is 0 Å². The summed E-state index contributed by atoms with van der Waals surface area (Å²) in [6, 6.07) is 1.59. The molecule has 0 aromatic carbocycles. The Morgan fingerprint density at radius 1 is 0.900 bits per heavy atom. The summed E-state index contributed by atoms with van der Waals surface area (Å²) in [5.41, 5.74) is 0. The van der Waals surface area contributed by atoms with E-state index < -0.39 is 0 Å². The summed E-state index contributed by atoms with van der Waals surface area (Å²) in [5, 5.41) is 0. The van der Waals surface area contributed by atoms with Crippen molar-refractivity contribution >= 4 is 0 Å². The molecule has 2 saturated heterocycles. The number of piperazine rings is 1. The fraction of sp³-hybridized carbons (Fsp3) is 1.00. The average Bonchev–Trinajstić information content (AvgIpc) is 2.44. The van der Waals surface area contributed by atoms with Crippen molar-refractivity contribution < 1.29 is 0 Å². The van der Waals surface area contributed by atoms with E-state index in [-0.39, 0.29) is 0 Å². The third-order valence-electron chi connectivity index (χ3n) is 5.77. The smallest absolute Gasteiger partial charge is 0.0351 e. The fourth-order valence-corrected chi connectivity index (χ4v) is 4.28. The average molecular weight is 279 g/mol. The van der Waals surface area contributed by atoms with Gasteiger partial charge in [-0.15, -0.1) is 0 Å². The van der Waals surface area contributed by atoms with E-state index in [4.69, 9.17) is 0 Å². The molecule has 2 heterocycles. The first kappa shape index (κ1) is 14.8. The summed E-state index contributed by atoms with van der Waals surface area (Å²) >= 11 is 0. The van der Waals surface area contributed by atoms with E-state index in [1.165, 1.54) is 77.9 Å². The van der Waals surface area contributed by atoms with Crippen molar-refractivity contribution in [3.05, 3.63) is 0 Å². The largest absolute Gasteiger partial charge is 0.300 e. The number of nitrogens with zero attached hydrogens (tertiary/aromatic N) is 3. The predicted molar refractivity (Wildman–Crippen MR) is 85.1 cm³/mol. The van der Waals surface area contributed by atoms with Gasteiger partial charge in [0.1, 0.15) is 0 Å². The molecular formula is C17H33N3. The molecule has 0 atom stereocenters. The van der Waals surface area contributed by atoms with Crippen molar-refractivity contribution in [2.45, 2.75) is 58.0 Å². The molecule has 3 fully saturated rings. The molecule has 0 bridgehead atoms. The molecule has 1 saturated carbocycles. The van der Waals surface area contributed by atoms with E-state index in [0.29, 0.717) is 0 Å². The maximum atomic E-state index is 2.75. The zero-order valence-electron chi connectivity index (χ0n) is 13.6. The van der Waals surface area contributed by atoms with E-state index in [1.54, 1.807) is 0 Å². The Balaban J connectivity index is 1.34. The van der Waals surface area contributed by atoms with Gasteiger partial charge in [0.05, 0.1) is 0 Å². The summed E-state index contributed by atoms with van der Waals surface area (Å²) in [4.78, 5) is 8.08. The van der Waals surface area contributed by atoms with E-state index in [1.807, 2.05) is 0 Å². The second kappa shape index (κ2) is 6.76. The lowest BCUT2D eigenvalue weighted by molar-refractivity contribution is -0.00891. The Hall–Kier alpha value is -0.120. The van der Waals surface area contributed by atoms with Crippen LogP contribution in [0.5, 0.6) is 0 Å². The van der Waals surface area contributed by atoms with E-state index >= 15 is 0 Å². The van der Waals surface area contributed by atoms with Crippen LogP contribution in [0.4, 0.5) is 0 Å². The van der Waals surface area contributed by atoms with Crippen LogP contribution < -0.4 is 0 Å². The quantitative estimate of drug-likeness (QED) is 0.782. The Bertz CT molecular complexity index is 285. The van der Waals surface area contributed by atoms with Crippen LogP contribution >= 0.6 is 0 Å². The summed E-state index contributed by atoms with van der Waals surface area (Å²) in [6.45, 7) is 13.9. The van der Waals surface area contributed by atoms with Crippen molar-refractivity contribution in [2.75, 3.05) is 45.8 Å². The summed E-state index contributed by atoms with van der Waals surface area (Å²) in [7, 11) is 0. The predicted octanol–water partition coefficient (Wildman–Crippen LogP) is 2.28. The molecule has 0 spiro atoms. The first-order valence-electron chi connectivity index (χ1n) is 8.93. The number of rotatable bonds is 4. The van der Waals surface area contributed by atoms with Crippen molar-refractivity contribution in [2.24, 2.45) is 5.92 Å². The lowest BCUT2D eigenvalue weighted by Gasteiger charge is -2.49. The molecule has 0 radical (unpaired) electrons. The molecule has 2 aliphatic heterocycles. The highest BCUT2D eigenvalue weighted by Crippen LogP contribution is 2.27. The zero-order valence-corrected chi connectivity index (χ0v) is 13.6. The van der Waals surface area contributed by atoms with Gasteiger partial charge in [-0.05, 0) is 32.6 Å². The second-order valence-electron chi connectivity index (χ2n) is 7.54. The van der Waals surface area contributed by atoms with Crippen LogP contribution in [0.3, 0.4) is 0 Å². The van der Waals surface area contributed by atoms with Gasteiger partial charge in [-0.1, -0.05) is 19.3 Å². The van der Waals surface area contributed by atoms with Crippen molar-refractivity contribution in [1.29, 1.82) is 0 Å². The molecule has 0 aromatic heterocycles. The van der Waals surface area contributed by atoms with Gasteiger partial charge in [-0.25, -0.2) is 0 Å². The van der Waals surface area contributed by atoms with E-state index in [2.05, 4.69) is 28.5 Å². The summed E-state index contributed by atoms with van der Waals surface area (Å²) in [6.07, 6.45) is 7.44. The minimum Gasteiger partial charge on any atom is -0.300 e. The molecule has 3 aliphatic rings. The second-order valence-corrected chi connectivity index (χ2v) is 7.54. The summed E-state index contributed by atoms with van der Waals surface area (Å²) < 4.78 is 0. The molecule has 0 aromatic rings. The molecule has 3 nitrogen and oxygen atoms in total. The van der Waals surface area contributed by atoms with Crippen molar-refractivity contribution in [3.8, 4) is 0 Å². The fourth-order valence-electron chi connectivity index (χ4n) is 4.28. The van der Waals surface area contributed by atoms with E-state index in [9.17, 15) is 0 Å². The van der Waals surface area contributed by atoms with Gasteiger partial charge in [-0.3, -0.25) is 14.7 Å². The van der Waals surface area contributed by atoms with Gasteiger partial charge in [0.25, 0.3) is 0 Å². The van der Waals surface area contributed by atoms with Gasteiger partial charge in [0, 0.05) is 57.9 Å². The normalized spacial score (nSPS) is 28.9. The maximum absolute atomic E-state index is 2.75. The first-order valence-corrected chi connectivity index (χ1v) is 8.93. The number of hydrogen-bond donors (Lipinski definition) is 0. The Kier molecular flexibility index (Phi) is 5.00. The highest BCUT2D eigenvalue weighted by molar-refractivity contribution is 4.91. The Labute approximate surface area is 125 Å². The molecule has 0 unspecified atom stereocenters. The number of hydrogen-bond acceptors (Lipinski definition) is 3. The molecule has 20 heavy (non-hydrogen) atoms. The standard InChI is InChI=1S/C17H33N3/c1-15(2)19-8-10-20(11-9-19)17-13-18(14-17)12-16-6-4-3-5-7-16/h15-17H,3-14H2,1-2H3. The Morgan fingerprint density at radius 3 is 2.15 bits per heavy atom. The SMILES string of the molecule is CC(C)N1CCN(C2CN(CC3CCCCC3)C2)CC1. The molecule has 0 N–H and O–H groups in total. The topological polar surface area (TPSA) is 9.72 Å². The van der Waals surface area contributed by atoms with Gasteiger partial charge in [0.15, 0.2) is 0 Å². The third-order valence-corrected chi connectivity index (χ3v) is 5.77. The van der Waals surface area contributed by atoms with Crippen LogP contribution in [0.25, 0.3) is 0 Å². The van der Waals surface area contributed by atoms with Crippen molar-refractivity contribution in [1.82, 2.24) is 14.7 Å². The molecular weight excluding hydrogens is 246 g/mol. The van der Waals surface area contributed by atoms with Crippen LogP contribution in [0, 0.1) is 5.92 Å². The Morgan fingerprint density at radius 2 is 1.55 bits per heavy atom. The molecule has 116 valence electrons. The molecule has 0 amide bonds. The molecule has 3 rings (SSSR count). The lowest BCUT2D eigenvalue weighted by Crippen LogP contribution is -2.63. The van der Waals surface area contributed by atoms with Crippen LogP contribution in [0.2, 0.25) is 0 Å². The van der Waals surface area contributed by atoms with Crippen molar-refractivity contribution in [3.63, 3.8) is 0 Å². The van der Waals surface area contributed by atoms with Gasteiger partial charge in [-0.2, -0.15) is 0 Å². The van der Waals surface area contributed by atoms with Crippen LogP contribution in [-0.4, -0.2) is 72.6 Å². The van der Waals surface area contributed by atoms with Crippen LogP contribution in [-0.2, 0) is 0 Å². The third kappa shape index (κ3) is 3.55. The minimum atomic E-state index is 0.723. The monoisotopic (exact) mass is 279 g/mol. The first-order chi connectivity index (χ1) is 9.72. The van der Waals surface area contributed by atoms with Crippen LogP contribution in [0.15, 0.2) is 0 Å². The van der Waals surface area contributed by atoms with Gasteiger partial charge >= 0.3 is 0 Å². The van der Waals surface area contributed by atoms with E-state index in [0.717, 1.165) is 18.0 Å². The lowest BCUT2D eigenvalue weighted by atomic mass is 9.88. The maximum Gasteiger partial charge on any atom is 0.0351 e. The summed E-state index contributed by atoms with van der Waals surface area (Å²) in [5.74, 6) is 1.02. The molecule has 3 heteroatoms. The highest BCUT2D eigenvalue weighted by Gasteiger charge is 2.34. The minimum absolute atomic E-state index is 0.723. The highest BCUT2D eigenvalue weighted by atomic mass is 15.4.